The molecule has 0 aromatic carbocycles. The van der Waals surface area contributed by atoms with Crippen LogP contribution in [0.15, 0.2) is 28.2 Å². The van der Waals surface area contributed by atoms with Crippen molar-refractivity contribution in [3.8, 4) is 0 Å². The van der Waals surface area contributed by atoms with E-state index in [4.69, 9.17) is 0 Å². The lowest BCUT2D eigenvalue weighted by atomic mass is 10.3. The van der Waals surface area contributed by atoms with Crippen molar-refractivity contribution < 1.29 is 8.78 Å². The van der Waals surface area contributed by atoms with Gasteiger partial charge in [-0.3, -0.25) is 0 Å². The Morgan fingerprint density at radius 3 is 2.83 bits per heavy atom. The minimum atomic E-state index is -2.57. The Balaban J connectivity index is 1.72. The first-order valence-corrected chi connectivity index (χ1v) is 6.94. The van der Waals surface area contributed by atoms with E-state index in [2.05, 4.69) is 31.2 Å². The zero-order chi connectivity index (χ0) is 12.8. The van der Waals surface area contributed by atoms with Crippen molar-refractivity contribution >= 4 is 38.2 Å². The van der Waals surface area contributed by atoms with Gasteiger partial charge >= 0.3 is 0 Å². The van der Waals surface area contributed by atoms with Crippen molar-refractivity contribution in [3.63, 3.8) is 0 Å². The fourth-order valence-electron chi connectivity index (χ4n) is 1.60. The third-order valence-electron chi connectivity index (χ3n) is 2.67. The number of aromatic nitrogens is 2. The Kier molecular flexibility index (Phi) is 2.82. The van der Waals surface area contributed by atoms with Gasteiger partial charge in [-0.25, -0.2) is 18.7 Å². The summed E-state index contributed by atoms with van der Waals surface area (Å²) in [6, 6.07) is 3.63. The van der Waals surface area contributed by atoms with E-state index >= 15 is 0 Å². The van der Waals surface area contributed by atoms with E-state index in [1.807, 2.05) is 6.07 Å². The van der Waals surface area contributed by atoms with Gasteiger partial charge < -0.3 is 5.32 Å². The van der Waals surface area contributed by atoms with Gasteiger partial charge in [0.1, 0.15) is 5.82 Å². The Labute approximate surface area is 114 Å². The first-order valence-electron chi connectivity index (χ1n) is 5.26. The Bertz CT molecular complexity index is 570. The highest BCUT2D eigenvalue weighted by Gasteiger charge is 2.58. The lowest BCUT2D eigenvalue weighted by Crippen LogP contribution is -1.95. The predicted molar refractivity (Wildman–Crippen MR) is 69.6 cm³/mol. The average Bonchev–Trinajstić information content (AvgIpc) is 2.75. The maximum atomic E-state index is 12.9. The zero-order valence-corrected chi connectivity index (χ0v) is 11.4. The molecule has 1 aliphatic carbocycles. The van der Waals surface area contributed by atoms with Crippen LogP contribution in [0.3, 0.4) is 0 Å². The second kappa shape index (κ2) is 4.24. The highest BCUT2D eigenvalue weighted by atomic mass is 79.9. The van der Waals surface area contributed by atoms with Crippen molar-refractivity contribution in [2.24, 2.45) is 0 Å². The maximum Gasteiger partial charge on any atom is 0.257 e. The van der Waals surface area contributed by atoms with Crippen molar-refractivity contribution in [2.45, 2.75) is 18.3 Å². The molecule has 0 bridgehead atoms. The number of rotatable bonds is 3. The molecule has 0 amide bonds. The van der Waals surface area contributed by atoms with Crippen LogP contribution in [0.2, 0.25) is 0 Å². The molecule has 0 radical (unpaired) electrons. The zero-order valence-electron chi connectivity index (χ0n) is 9.03. The Hall–Kier alpha value is -1.08. The Morgan fingerprint density at radius 1 is 1.44 bits per heavy atom. The molecule has 0 aliphatic heterocycles. The minimum absolute atomic E-state index is 0.0906. The van der Waals surface area contributed by atoms with E-state index in [-0.39, 0.29) is 6.42 Å². The summed E-state index contributed by atoms with van der Waals surface area (Å²) in [6.45, 7) is 0. The molecule has 3 rings (SSSR count). The molecule has 94 valence electrons. The van der Waals surface area contributed by atoms with E-state index in [9.17, 15) is 8.78 Å². The lowest BCUT2D eigenvalue weighted by Gasteiger charge is -2.00. The van der Waals surface area contributed by atoms with Gasteiger partial charge in [0.25, 0.3) is 5.92 Å². The van der Waals surface area contributed by atoms with Gasteiger partial charge in [-0.05, 0) is 28.1 Å². The van der Waals surface area contributed by atoms with Crippen LogP contribution in [0, 0.1) is 0 Å². The van der Waals surface area contributed by atoms with E-state index in [1.54, 1.807) is 17.6 Å². The first kappa shape index (κ1) is 12.0. The summed E-state index contributed by atoms with van der Waals surface area (Å²) in [5, 5.41) is 5.25. The van der Waals surface area contributed by atoms with Gasteiger partial charge in [0, 0.05) is 22.5 Å². The summed E-state index contributed by atoms with van der Waals surface area (Å²) in [7, 11) is 0. The molecule has 2 aromatic heterocycles. The second-order valence-corrected chi connectivity index (χ2v) is 5.86. The molecule has 2 aromatic rings. The van der Waals surface area contributed by atoms with Crippen LogP contribution >= 0.6 is 27.3 Å². The monoisotopic (exact) mass is 331 g/mol. The molecule has 1 aliphatic rings. The molecule has 1 fully saturated rings. The van der Waals surface area contributed by atoms with E-state index in [1.165, 1.54) is 11.3 Å². The molecule has 7 heteroatoms. The van der Waals surface area contributed by atoms with Crippen molar-refractivity contribution in [1.82, 2.24) is 9.97 Å². The van der Waals surface area contributed by atoms with E-state index in [0.717, 1.165) is 4.47 Å². The highest BCUT2D eigenvalue weighted by Crippen LogP contribution is 2.55. The van der Waals surface area contributed by atoms with Gasteiger partial charge in [0.05, 0.1) is 11.6 Å². The molecule has 18 heavy (non-hydrogen) atoms. The summed E-state index contributed by atoms with van der Waals surface area (Å²) >= 11 is 4.60. The summed E-state index contributed by atoms with van der Waals surface area (Å²) in [5.74, 6) is -2.63. The van der Waals surface area contributed by atoms with Crippen LogP contribution in [-0.2, 0) is 0 Å². The number of anilines is 2. The van der Waals surface area contributed by atoms with Crippen molar-refractivity contribution in [2.75, 3.05) is 5.32 Å². The number of pyridine rings is 1. The summed E-state index contributed by atoms with van der Waals surface area (Å²) in [5.41, 5.74) is 0.463. The van der Waals surface area contributed by atoms with Crippen molar-refractivity contribution in [1.29, 1.82) is 0 Å². The average molecular weight is 332 g/mol. The largest absolute Gasteiger partial charge is 0.316 e. The number of nitrogens with zero attached hydrogens (tertiary/aromatic N) is 2. The minimum Gasteiger partial charge on any atom is -0.316 e. The second-order valence-electron chi connectivity index (χ2n) is 4.08. The van der Waals surface area contributed by atoms with Gasteiger partial charge in [-0.1, -0.05) is 0 Å². The predicted octanol–water partition coefficient (Wildman–Crippen LogP) is 4.17. The third-order valence-corrected chi connectivity index (χ3v) is 3.91. The quantitative estimate of drug-likeness (QED) is 0.917. The molecule has 0 saturated heterocycles. The summed E-state index contributed by atoms with van der Waals surface area (Å²) in [6.07, 6.45) is 1.57. The van der Waals surface area contributed by atoms with E-state index in [0.29, 0.717) is 16.6 Å². The summed E-state index contributed by atoms with van der Waals surface area (Å²) < 4.78 is 26.7. The standard InChI is InChI=1S/C11H8BrF2N3S/c12-6-1-2-9(15-4-6)17-10-16-8(5-18-10)7-3-11(7,13)14/h1-2,4-5,7H,3H2,(H,15,16,17). The number of hydrogen-bond donors (Lipinski definition) is 1. The smallest absolute Gasteiger partial charge is 0.257 e. The van der Waals surface area contributed by atoms with Gasteiger partial charge in [0.15, 0.2) is 5.13 Å². The highest BCUT2D eigenvalue weighted by molar-refractivity contribution is 9.10. The van der Waals surface area contributed by atoms with Crippen LogP contribution in [0.25, 0.3) is 0 Å². The van der Waals surface area contributed by atoms with Crippen molar-refractivity contribution in [3.05, 3.63) is 33.9 Å². The topological polar surface area (TPSA) is 37.8 Å². The van der Waals surface area contributed by atoms with Gasteiger partial charge in [-0.2, -0.15) is 0 Å². The molecule has 1 N–H and O–H groups in total. The number of halogens is 3. The molecular weight excluding hydrogens is 324 g/mol. The molecular formula is C11H8BrF2N3S. The SMILES string of the molecule is FC1(F)CC1c1csc(Nc2ccc(Br)cn2)n1. The van der Waals surface area contributed by atoms with Crippen LogP contribution in [-0.4, -0.2) is 15.9 Å². The number of nitrogens with one attached hydrogen (secondary N) is 1. The van der Waals surface area contributed by atoms with Crippen LogP contribution in [0.1, 0.15) is 18.0 Å². The maximum absolute atomic E-state index is 12.9. The number of hydrogen-bond acceptors (Lipinski definition) is 4. The fraction of sp³-hybridized carbons (Fsp3) is 0.273. The molecule has 1 saturated carbocycles. The van der Waals surface area contributed by atoms with Gasteiger partial charge in [0.2, 0.25) is 0 Å². The summed E-state index contributed by atoms with van der Waals surface area (Å²) in [4.78, 5) is 8.29. The fourth-order valence-corrected chi connectivity index (χ4v) is 2.60. The lowest BCUT2D eigenvalue weighted by molar-refractivity contribution is 0.111. The Morgan fingerprint density at radius 2 is 2.22 bits per heavy atom. The van der Waals surface area contributed by atoms with E-state index < -0.39 is 11.8 Å². The molecule has 1 unspecified atom stereocenters. The normalized spacial score (nSPS) is 20.7. The van der Waals surface area contributed by atoms with Crippen LogP contribution in [0.4, 0.5) is 19.7 Å². The number of alkyl halides is 2. The number of thiazole rings is 1. The molecule has 3 nitrogen and oxygen atoms in total. The molecule has 0 spiro atoms. The molecule has 1 atom stereocenters. The third kappa shape index (κ3) is 2.37. The van der Waals surface area contributed by atoms with Crippen LogP contribution < -0.4 is 5.32 Å². The molecule has 2 heterocycles. The van der Waals surface area contributed by atoms with Gasteiger partial charge in [-0.15, -0.1) is 11.3 Å². The van der Waals surface area contributed by atoms with Crippen LogP contribution in [0.5, 0.6) is 0 Å². The first-order chi connectivity index (χ1) is 8.54.